The second-order valence-corrected chi connectivity index (χ2v) is 12.7. The van der Waals surface area contributed by atoms with E-state index in [-0.39, 0.29) is 17.9 Å². The highest BCUT2D eigenvalue weighted by Gasteiger charge is 2.42. The summed E-state index contributed by atoms with van der Waals surface area (Å²) in [5, 5.41) is 0. The average molecular weight is 697 g/mol. The van der Waals surface area contributed by atoms with Crippen LogP contribution in [0.4, 0.5) is 19.1 Å². The van der Waals surface area contributed by atoms with Gasteiger partial charge in [0, 0.05) is 62.6 Å². The van der Waals surface area contributed by atoms with Gasteiger partial charge < -0.3 is 33.5 Å². The van der Waals surface area contributed by atoms with Gasteiger partial charge in [-0.15, -0.1) is 13.2 Å². The van der Waals surface area contributed by atoms with E-state index in [4.69, 9.17) is 19.2 Å². The molecule has 2 aliphatic heterocycles. The van der Waals surface area contributed by atoms with Gasteiger partial charge in [-0.2, -0.15) is 0 Å². The molecular weight excluding hydrogens is 653 g/mol. The van der Waals surface area contributed by atoms with E-state index < -0.39 is 13.0 Å². The Kier molecular flexibility index (Phi) is 10.7. The third-order valence-corrected chi connectivity index (χ3v) is 9.82. The third-order valence-electron chi connectivity index (χ3n) is 9.82. The van der Waals surface area contributed by atoms with Crippen molar-refractivity contribution in [2.45, 2.75) is 37.6 Å². The first-order valence-electron chi connectivity index (χ1n) is 16.8. The van der Waals surface area contributed by atoms with Crippen LogP contribution >= 0.6 is 0 Å². The van der Waals surface area contributed by atoms with Gasteiger partial charge >= 0.3 is 6.36 Å². The number of halogens is 3. The SMILES string of the molecule is COc1cc(C(=O)N2CCC(CCN3CCCN(c4nc5ccccc5n4CCOC(F)(F)F)CC3)(c3cccnc3)C2)cc(OC)c1OC. The number of methoxy groups -OCH3 is 3. The molecule has 4 aromatic rings. The van der Waals surface area contributed by atoms with Gasteiger partial charge in [0.05, 0.1) is 39.0 Å². The van der Waals surface area contributed by atoms with Gasteiger partial charge in [-0.3, -0.25) is 14.5 Å². The maximum Gasteiger partial charge on any atom is 0.522 e. The van der Waals surface area contributed by atoms with E-state index in [1.54, 1.807) is 18.3 Å². The number of para-hydroxylation sites is 2. The lowest BCUT2D eigenvalue weighted by atomic mass is 9.77. The molecule has 0 aliphatic carbocycles. The Morgan fingerprint density at radius 1 is 0.920 bits per heavy atom. The number of imidazole rings is 1. The number of alkyl halides is 3. The number of carbonyl (C=O) groups excluding carboxylic acids is 1. The second-order valence-electron chi connectivity index (χ2n) is 12.7. The summed E-state index contributed by atoms with van der Waals surface area (Å²) < 4.78 is 60.8. The first-order valence-corrected chi connectivity index (χ1v) is 16.8. The Bertz CT molecular complexity index is 1750. The van der Waals surface area contributed by atoms with E-state index in [1.807, 2.05) is 46.0 Å². The molecule has 6 rings (SSSR count). The van der Waals surface area contributed by atoms with Crippen LogP contribution in [0.2, 0.25) is 0 Å². The predicted octanol–water partition coefficient (Wildman–Crippen LogP) is 5.38. The highest BCUT2D eigenvalue weighted by atomic mass is 19.4. The van der Waals surface area contributed by atoms with Crippen molar-refractivity contribution in [1.82, 2.24) is 24.3 Å². The van der Waals surface area contributed by atoms with Crippen LogP contribution in [-0.2, 0) is 16.7 Å². The molecule has 1 atom stereocenters. The van der Waals surface area contributed by atoms with Crippen LogP contribution in [0.1, 0.15) is 35.2 Å². The lowest BCUT2D eigenvalue weighted by molar-refractivity contribution is -0.325. The summed E-state index contributed by atoms with van der Waals surface area (Å²) in [4.78, 5) is 29.6. The molecule has 2 aromatic carbocycles. The largest absolute Gasteiger partial charge is 0.522 e. The molecule has 0 saturated carbocycles. The number of anilines is 1. The summed E-state index contributed by atoms with van der Waals surface area (Å²) in [6.45, 7) is 4.51. The zero-order valence-electron chi connectivity index (χ0n) is 28.6. The topological polar surface area (TPSA) is 94.4 Å². The van der Waals surface area contributed by atoms with Crippen LogP contribution in [0.25, 0.3) is 11.0 Å². The first kappa shape index (κ1) is 35.3. The van der Waals surface area contributed by atoms with E-state index in [0.29, 0.717) is 48.4 Å². The number of ether oxygens (including phenoxy) is 4. The molecule has 0 bridgehead atoms. The molecule has 11 nitrogen and oxygen atoms in total. The number of hydrogen-bond acceptors (Lipinski definition) is 9. The van der Waals surface area contributed by atoms with Gasteiger partial charge in [0.15, 0.2) is 11.5 Å². The molecule has 1 amide bonds. The summed E-state index contributed by atoms with van der Waals surface area (Å²) in [6.07, 6.45) is 1.46. The minimum Gasteiger partial charge on any atom is -0.493 e. The van der Waals surface area contributed by atoms with Crippen molar-refractivity contribution in [3.05, 3.63) is 72.1 Å². The summed E-state index contributed by atoms with van der Waals surface area (Å²) in [5.41, 5.74) is 2.79. The molecule has 1 unspecified atom stereocenters. The van der Waals surface area contributed by atoms with Crippen molar-refractivity contribution in [2.75, 3.05) is 78.6 Å². The molecule has 0 N–H and O–H groups in total. The zero-order chi connectivity index (χ0) is 35.3. The normalized spacial score (nSPS) is 18.8. The minimum absolute atomic E-state index is 0.0362. The van der Waals surface area contributed by atoms with E-state index in [9.17, 15) is 18.0 Å². The van der Waals surface area contributed by atoms with Crippen molar-refractivity contribution in [3.8, 4) is 17.2 Å². The number of nitrogens with zero attached hydrogens (tertiary/aromatic N) is 6. The minimum atomic E-state index is -4.69. The second kappa shape index (κ2) is 15.1. The Balaban J connectivity index is 1.16. The fraction of sp³-hybridized carbons (Fsp3) is 0.472. The molecule has 4 heterocycles. The molecule has 0 radical (unpaired) electrons. The molecule has 0 spiro atoms. The number of likely N-dealkylation sites (tertiary alicyclic amines) is 1. The molecule has 268 valence electrons. The first-order chi connectivity index (χ1) is 24.1. The van der Waals surface area contributed by atoms with Crippen LogP contribution in [0.3, 0.4) is 0 Å². The Hall–Kier alpha value is -4.56. The van der Waals surface area contributed by atoms with Gasteiger partial charge in [0.1, 0.15) is 0 Å². The van der Waals surface area contributed by atoms with Crippen molar-refractivity contribution >= 4 is 22.9 Å². The maximum absolute atomic E-state index is 13.9. The molecule has 2 saturated heterocycles. The number of benzene rings is 2. The van der Waals surface area contributed by atoms with Gasteiger partial charge in [-0.25, -0.2) is 4.98 Å². The Morgan fingerprint density at radius 3 is 2.40 bits per heavy atom. The Morgan fingerprint density at radius 2 is 1.70 bits per heavy atom. The van der Waals surface area contributed by atoms with E-state index >= 15 is 0 Å². The lowest BCUT2D eigenvalue weighted by Crippen LogP contribution is -2.39. The standard InChI is InChI=1S/C36H43F3N6O5/c1-47-30-22-26(23-31(48-2)32(30)49-3)33(46)44-17-12-35(25-44,27-8-6-13-40-24-27)11-16-42-14-7-15-43(19-18-42)34-41-28-9-4-5-10-29(28)45(34)20-21-50-36(37,38)39/h4-6,8-10,13,22-24H,7,11-12,14-21,25H2,1-3H3. The summed E-state index contributed by atoms with van der Waals surface area (Å²) in [5.74, 6) is 1.83. The molecule has 50 heavy (non-hydrogen) atoms. The van der Waals surface area contributed by atoms with Gasteiger partial charge in [0.2, 0.25) is 11.7 Å². The predicted molar refractivity (Wildman–Crippen MR) is 182 cm³/mol. The highest BCUT2D eigenvalue weighted by Crippen LogP contribution is 2.41. The fourth-order valence-electron chi connectivity index (χ4n) is 7.24. The number of carbonyl (C=O) groups is 1. The smallest absolute Gasteiger partial charge is 0.493 e. The van der Waals surface area contributed by atoms with Gasteiger partial charge in [-0.1, -0.05) is 18.2 Å². The maximum atomic E-state index is 13.9. The molecule has 2 aliphatic rings. The Labute approximate surface area is 289 Å². The number of hydrogen-bond donors (Lipinski definition) is 0. The molecule has 14 heteroatoms. The number of rotatable bonds is 12. The van der Waals surface area contributed by atoms with Gasteiger partial charge in [0.25, 0.3) is 5.91 Å². The summed E-state index contributed by atoms with van der Waals surface area (Å²) in [7, 11) is 4.59. The third kappa shape index (κ3) is 7.60. The molecule has 2 aromatic heterocycles. The van der Waals surface area contributed by atoms with Crippen LogP contribution in [0.15, 0.2) is 60.9 Å². The summed E-state index contributed by atoms with van der Waals surface area (Å²) >= 11 is 0. The van der Waals surface area contributed by atoms with E-state index in [2.05, 4.69) is 25.6 Å². The van der Waals surface area contributed by atoms with Crippen LogP contribution in [0.5, 0.6) is 17.2 Å². The van der Waals surface area contributed by atoms with Gasteiger partial charge in [-0.05, 0) is 68.2 Å². The van der Waals surface area contributed by atoms with Crippen molar-refractivity contribution in [3.63, 3.8) is 0 Å². The quantitative estimate of drug-likeness (QED) is 0.194. The zero-order valence-corrected chi connectivity index (χ0v) is 28.6. The number of amides is 1. The van der Waals surface area contributed by atoms with Crippen LogP contribution in [-0.4, -0.2) is 110 Å². The lowest BCUT2D eigenvalue weighted by Gasteiger charge is -2.32. The number of aromatic nitrogens is 3. The number of pyridine rings is 1. The summed E-state index contributed by atoms with van der Waals surface area (Å²) in [6, 6.07) is 14.9. The average Bonchev–Trinajstić information content (AvgIpc) is 3.64. The van der Waals surface area contributed by atoms with E-state index in [1.165, 1.54) is 21.3 Å². The molecular formula is C36H43F3N6O5. The van der Waals surface area contributed by atoms with Crippen LogP contribution < -0.4 is 19.1 Å². The number of fused-ring (bicyclic) bond motifs is 1. The fourth-order valence-corrected chi connectivity index (χ4v) is 7.24. The van der Waals surface area contributed by atoms with Crippen molar-refractivity contribution in [2.24, 2.45) is 0 Å². The molecule has 2 fully saturated rings. The monoisotopic (exact) mass is 696 g/mol. The van der Waals surface area contributed by atoms with Crippen molar-refractivity contribution < 1.29 is 36.9 Å². The van der Waals surface area contributed by atoms with E-state index in [0.717, 1.165) is 62.0 Å². The van der Waals surface area contributed by atoms with Crippen molar-refractivity contribution in [1.29, 1.82) is 0 Å². The van der Waals surface area contributed by atoms with Crippen LogP contribution in [0, 0.1) is 0 Å². The highest BCUT2D eigenvalue weighted by molar-refractivity contribution is 5.96.